The second-order valence-corrected chi connectivity index (χ2v) is 5.69. The minimum Gasteiger partial charge on any atom is -0.467 e. The van der Waals surface area contributed by atoms with E-state index in [4.69, 9.17) is 16.3 Å². The quantitative estimate of drug-likeness (QED) is 0.908. The lowest BCUT2D eigenvalue weighted by Gasteiger charge is -2.33. The number of anilines is 1. The summed E-state index contributed by atoms with van der Waals surface area (Å²) in [5, 5.41) is 3.87. The molecule has 1 aromatic heterocycles. The lowest BCUT2D eigenvalue weighted by atomic mass is 9.76. The molecule has 4 nitrogen and oxygen atoms in total. The van der Waals surface area contributed by atoms with Gasteiger partial charge in [-0.2, -0.15) is 4.98 Å². The van der Waals surface area contributed by atoms with E-state index in [0.717, 1.165) is 6.54 Å². The van der Waals surface area contributed by atoms with E-state index in [9.17, 15) is 0 Å². The van der Waals surface area contributed by atoms with E-state index in [1.54, 1.807) is 13.3 Å². The molecule has 0 amide bonds. The molecule has 1 aromatic rings. The van der Waals surface area contributed by atoms with E-state index in [2.05, 4.69) is 22.2 Å². The van der Waals surface area contributed by atoms with Crippen LogP contribution in [0.15, 0.2) is 6.20 Å². The second-order valence-electron chi connectivity index (χ2n) is 5.28. The average molecular weight is 270 g/mol. The molecule has 1 aliphatic carbocycles. The number of nitrogens with zero attached hydrogens (tertiary/aromatic N) is 2. The summed E-state index contributed by atoms with van der Waals surface area (Å²) in [4.78, 5) is 8.19. The van der Waals surface area contributed by atoms with Gasteiger partial charge >= 0.3 is 6.01 Å². The van der Waals surface area contributed by atoms with Gasteiger partial charge in [0.2, 0.25) is 0 Å². The summed E-state index contributed by atoms with van der Waals surface area (Å²) >= 11 is 6.07. The van der Waals surface area contributed by atoms with E-state index in [-0.39, 0.29) is 0 Å². The summed E-state index contributed by atoms with van der Waals surface area (Å²) in [6.07, 6.45) is 8.09. The molecule has 0 bridgehead atoms. The maximum atomic E-state index is 6.07. The van der Waals surface area contributed by atoms with Crippen LogP contribution in [-0.2, 0) is 0 Å². The Morgan fingerprint density at radius 3 is 2.78 bits per heavy atom. The van der Waals surface area contributed by atoms with Gasteiger partial charge in [-0.05, 0) is 18.3 Å². The highest BCUT2D eigenvalue weighted by atomic mass is 35.5. The van der Waals surface area contributed by atoms with Crippen LogP contribution in [0, 0.1) is 5.41 Å². The number of aromatic nitrogens is 2. The third-order valence-corrected chi connectivity index (χ3v) is 3.92. The van der Waals surface area contributed by atoms with Gasteiger partial charge in [-0.1, -0.05) is 37.8 Å². The minimum atomic E-state index is 0.343. The molecule has 0 atom stereocenters. The highest BCUT2D eigenvalue weighted by Gasteiger charge is 2.26. The molecule has 1 aliphatic rings. The van der Waals surface area contributed by atoms with Gasteiger partial charge in [-0.15, -0.1) is 0 Å². The number of methoxy groups -OCH3 is 1. The van der Waals surface area contributed by atoms with E-state index in [1.807, 2.05) is 0 Å². The standard InChI is InChI=1S/C13H20ClN3O/c1-13(6-4-3-5-7-13)9-16-11-10(14)8-15-12(17-11)18-2/h8H,3-7,9H2,1-2H3,(H,15,16,17). The summed E-state index contributed by atoms with van der Waals surface area (Å²) in [7, 11) is 1.55. The van der Waals surface area contributed by atoms with Gasteiger partial charge in [-0.25, -0.2) is 4.98 Å². The molecule has 1 fully saturated rings. The van der Waals surface area contributed by atoms with Crippen molar-refractivity contribution in [1.29, 1.82) is 0 Å². The zero-order valence-corrected chi connectivity index (χ0v) is 11.8. The maximum absolute atomic E-state index is 6.07. The summed E-state index contributed by atoms with van der Waals surface area (Å²) in [5.41, 5.74) is 0.347. The average Bonchev–Trinajstić information content (AvgIpc) is 2.39. The van der Waals surface area contributed by atoms with Crippen molar-refractivity contribution in [2.75, 3.05) is 19.0 Å². The molecule has 18 heavy (non-hydrogen) atoms. The number of rotatable bonds is 4. The lowest BCUT2D eigenvalue weighted by molar-refractivity contribution is 0.233. The first kappa shape index (κ1) is 13.4. The van der Waals surface area contributed by atoms with Crippen molar-refractivity contribution >= 4 is 17.4 Å². The van der Waals surface area contributed by atoms with Crippen molar-refractivity contribution in [2.24, 2.45) is 5.41 Å². The largest absolute Gasteiger partial charge is 0.467 e. The SMILES string of the molecule is COc1ncc(Cl)c(NCC2(C)CCCCC2)n1. The molecule has 100 valence electrons. The highest BCUT2D eigenvalue weighted by molar-refractivity contribution is 6.32. The van der Waals surface area contributed by atoms with Crippen LogP contribution in [0.2, 0.25) is 5.02 Å². The second kappa shape index (κ2) is 5.74. The Morgan fingerprint density at radius 1 is 1.39 bits per heavy atom. The van der Waals surface area contributed by atoms with Crippen molar-refractivity contribution in [1.82, 2.24) is 9.97 Å². The number of hydrogen-bond donors (Lipinski definition) is 1. The third kappa shape index (κ3) is 3.25. The van der Waals surface area contributed by atoms with E-state index < -0.39 is 0 Å². The van der Waals surface area contributed by atoms with Crippen LogP contribution in [-0.4, -0.2) is 23.6 Å². The molecular weight excluding hydrogens is 250 g/mol. The highest BCUT2D eigenvalue weighted by Crippen LogP contribution is 2.36. The molecule has 5 heteroatoms. The number of halogens is 1. The van der Waals surface area contributed by atoms with Gasteiger partial charge in [0.1, 0.15) is 5.02 Å². The molecule has 0 saturated heterocycles. The smallest absolute Gasteiger partial charge is 0.318 e. The van der Waals surface area contributed by atoms with Gasteiger partial charge in [0.25, 0.3) is 0 Å². The fourth-order valence-electron chi connectivity index (χ4n) is 2.45. The van der Waals surface area contributed by atoms with Crippen LogP contribution in [0.25, 0.3) is 0 Å². The monoisotopic (exact) mass is 269 g/mol. The van der Waals surface area contributed by atoms with Crippen molar-refractivity contribution in [3.8, 4) is 6.01 Å². The normalized spacial score (nSPS) is 18.4. The lowest BCUT2D eigenvalue weighted by Crippen LogP contribution is -2.29. The first-order valence-corrected chi connectivity index (χ1v) is 6.81. The number of ether oxygens (including phenoxy) is 1. The van der Waals surface area contributed by atoms with Crippen molar-refractivity contribution in [3.05, 3.63) is 11.2 Å². The topological polar surface area (TPSA) is 47.0 Å². The van der Waals surface area contributed by atoms with Gasteiger partial charge in [-0.3, -0.25) is 0 Å². The van der Waals surface area contributed by atoms with E-state index >= 15 is 0 Å². The summed E-state index contributed by atoms with van der Waals surface area (Å²) in [5.74, 6) is 0.662. The first-order chi connectivity index (χ1) is 8.63. The molecule has 1 saturated carbocycles. The minimum absolute atomic E-state index is 0.343. The molecule has 1 N–H and O–H groups in total. The molecular formula is C13H20ClN3O. The molecule has 0 spiro atoms. The Morgan fingerprint density at radius 2 is 2.11 bits per heavy atom. The molecule has 2 rings (SSSR count). The van der Waals surface area contributed by atoms with Gasteiger partial charge in [0.05, 0.1) is 13.3 Å². The van der Waals surface area contributed by atoms with E-state index in [1.165, 1.54) is 32.1 Å². The predicted octanol–water partition coefficient (Wildman–Crippen LogP) is 3.52. The van der Waals surface area contributed by atoms with E-state index in [0.29, 0.717) is 22.3 Å². The summed E-state index contributed by atoms with van der Waals surface area (Å²) < 4.78 is 5.01. The number of nitrogens with one attached hydrogen (secondary N) is 1. The Kier molecular flexibility index (Phi) is 4.27. The summed E-state index contributed by atoms with van der Waals surface area (Å²) in [6.45, 7) is 3.22. The molecule has 0 unspecified atom stereocenters. The van der Waals surface area contributed by atoms with Crippen molar-refractivity contribution < 1.29 is 4.74 Å². The molecule has 0 aromatic carbocycles. The fourth-order valence-corrected chi connectivity index (χ4v) is 2.61. The van der Waals surface area contributed by atoms with Gasteiger partial charge in [0, 0.05) is 6.54 Å². The fraction of sp³-hybridized carbons (Fsp3) is 0.692. The molecule has 0 radical (unpaired) electrons. The maximum Gasteiger partial charge on any atom is 0.318 e. The molecule has 1 heterocycles. The third-order valence-electron chi connectivity index (χ3n) is 3.65. The van der Waals surface area contributed by atoms with Gasteiger partial charge < -0.3 is 10.1 Å². The van der Waals surface area contributed by atoms with Crippen molar-refractivity contribution in [3.63, 3.8) is 0 Å². The molecule has 0 aliphatic heterocycles. The zero-order chi connectivity index (χ0) is 13.0. The Balaban J connectivity index is 2.00. The van der Waals surface area contributed by atoms with Crippen LogP contribution in [0.5, 0.6) is 6.01 Å². The van der Waals surface area contributed by atoms with Crippen LogP contribution >= 0.6 is 11.6 Å². The van der Waals surface area contributed by atoms with Gasteiger partial charge in [0.15, 0.2) is 5.82 Å². The van der Waals surface area contributed by atoms with Crippen LogP contribution in [0.1, 0.15) is 39.0 Å². The first-order valence-electron chi connectivity index (χ1n) is 6.43. The van der Waals surface area contributed by atoms with Crippen LogP contribution < -0.4 is 10.1 Å². The van der Waals surface area contributed by atoms with Crippen molar-refractivity contribution in [2.45, 2.75) is 39.0 Å². The number of hydrogen-bond acceptors (Lipinski definition) is 4. The van der Waals surface area contributed by atoms with Crippen LogP contribution in [0.3, 0.4) is 0 Å². The Bertz CT molecular complexity index is 405. The summed E-state index contributed by atoms with van der Waals surface area (Å²) in [6, 6.07) is 0.343. The predicted molar refractivity (Wildman–Crippen MR) is 73.3 cm³/mol. The Hall–Kier alpha value is -1.03. The van der Waals surface area contributed by atoms with Crippen LogP contribution in [0.4, 0.5) is 5.82 Å². The Labute approximate surface area is 113 Å². The zero-order valence-electron chi connectivity index (χ0n) is 11.0.